The molecule has 1 atom stereocenters. The summed E-state index contributed by atoms with van der Waals surface area (Å²) in [5.41, 5.74) is 1.82. The summed E-state index contributed by atoms with van der Waals surface area (Å²) in [7, 11) is -2.62. The van der Waals surface area contributed by atoms with Crippen LogP contribution in [0.25, 0.3) is 0 Å². The summed E-state index contributed by atoms with van der Waals surface area (Å²) >= 11 is 1.55. The summed E-state index contributed by atoms with van der Waals surface area (Å²) in [4.78, 5) is 25.7. The molecule has 3 aromatic heterocycles. The number of benzene rings is 1. The maximum Gasteiger partial charge on any atom is 0.325 e. The van der Waals surface area contributed by atoms with E-state index in [-0.39, 0.29) is 31.3 Å². The highest BCUT2D eigenvalue weighted by molar-refractivity contribution is 7.89. The number of nitrogens with zero attached hydrogens (tertiary/aromatic N) is 5. The number of methoxy groups -OCH3 is 1. The van der Waals surface area contributed by atoms with Crippen LogP contribution in [0.1, 0.15) is 22.2 Å². The van der Waals surface area contributed by atoms with Crippen molar-refractivity contribution in [2.75, 3.05) is 32.1 Å². The third-order valence-electron chi connectivity index (χ3n) is 5.89. The number of hydrogen-bond donors (Lipinski definition) is 1. The Balaban J connectivity index is 1.25. The van der Waals surface area contributed by atoms with Crippen LogP contribution in [0.5, 0.6) is 0 Å². The summed E-state index contributed by atoms with van der Waals surface area (Å²) in [5, 5.41) is 3.82. The number of pyridine rings is 1. The fourth-order valence-electron chi connectivity index (χ4n) is 3.98. The van der Waals surface area contributed by atoms with Crippen molar-refractivity contribution in [2.45, 2.75) is 24.1 Å². The van der Waals surface area contributed by atoms with Gasteiger partial charge in [0.2, 0.25) is 0 Å². The monoisotopic (exact) mass is 554 g/mol. The van der Waals surface area contributed by atoms with Crippen molar-refractivity contribution in [3.63, 3.8) is 0 Å². The van der Waals surface area contributed by atoms with E-state index in [0.29, 0.717) is 11.5 Å². The Kier molecular flexibility index (Phi) is 7.79. The number of ether oxygens (including phenoxy) is 2. The molecule has 0 spiro atoms. The molecule has 5 rings (SSSR count). The molecule has 1 N–H and O–H groups in total. The summed E-state index contributed by atoms with van der Waals surface area (Å²) in [6, 6.07) is 15.7. The van der Waals surface area contributed by atoms with Crippen LogP contribution in [0.4, 0.5) is 10.9 Å². The highest BCUT2D eigenvalue weighted by Gasteiger charge is 2.33. The van der Waals surface area contributed by atoms with Crippen LogP contribution in [-0.2, 0) is 37.3 Å². The van der Waals surface area contributed by atoms with E-state index in [4.69, 9.17) is 4.74 Å². The second-order valence-electron chi connectivity index (χ2n) is 8.55. The minimum Gasteiger partial charge on any atom is -0.468 e. The van der Waals surface area contributed by atoms with Gasteiger partial charge < -0.3 is 19.4 Å². The molecule has 1 unspecified atom stereocenters. The molecule has 1 aliphatic heterocycles. The lowest BCUT2D eigenvalue weighted by Gasteiger charge is -2.31. The smallest absolute Gasteiger partial charge is 0.325 e. The molecule has 38 heavy (non-hydrogen) atoms. The largest absolute Gasteiger partial charge is 0.468 e. The van der Waals surface area contributed by atoms with Gasteiger partial charge in [-0.1, -0.05) is 36.4 Å². The molecule has 0 amide bonds. The standard InChI is InChI=1S/C25H26N6O5S2/c1-35-24(32)16-30-15-23(27-17-30)38(33,34)31-10-11-36-21(14-31)20-8-5-9-22(28-20)29-25-26-13-19(37-25)12-18-6-3-2-4-7-18/h2-9,13,15,17,21H,10-12,14,16H2,1H3,(H,26,28,29). The first kappa shape index (κ1) is 26.0. The lowest BCUT2D eigenvalue weighted by Crippen LogP contribution is -2.42. The van der Waals surface area contributed by atoms with Gasteiger partial charge in [-0.3, -0.25) is 4.79 Å². The Morgan fingerprint density at radius 2 is 2.03 bits per heavy atom. The fourth-order valence-corrected chi connectivity index (χ4v) is 6.20. The molecule has 1 aliphatic rings. The van der Waals surface area contributed by atoms with E-state index in [0.717, 1.165) is 16.4 Å². The van der Waals surface area contributed by atoms with E-state index < -0.39 is 22.1 Å². The molecule has 11 nitrogen and oxygen atoms in total. The number of morpholine rings is 1. The minimum atomic E-state index is -3.89. The number of thiazole rings is 1. The van der Waals surface area contributed by atoms with Crippen molar-refractivity contribution < 1.29 is 22.7 Å². The molecule has 1 saturated heterocycles. The van der Waals surface area contributed by atoms with Gasteiger partial charge in [0, 0.05) is 36.8 Å². The number of carbonyl (C=O) groups is 1. The number of imidazole rings is 1. The average molecular weight is 555 g/mol. The molecular formula is C25H26N6O5S2. The molecule has 4 aromatic rings. The van der Waals surface area contributed by atoms with Crippen LogP contribution in [0.2, 0.25) is 0 Å². The molecular weight excluding hydrogens is 528 g/mol. The summed E-state index contributed by atoms with van der Waals surface area (Å²) in [6.45, 7) is 0.355. The number of esters is 1. The Bertz CT molecular complexity index is 1510. The minimum absolute atomic E-state index is 0.0844. The van der Waals surface area contributed by atoms with E-state index in [2.05, 4.69) is 37.1 Å². The Hall–Kier alpha value is -3.65. The van der Waals surface area contributed by atoms with Crippen LogP contribution in [0.3, 0.4) is 0 Å². The zero-order valence-electron chi connectivity index (χ0n) is 20.6. The number of carbonyl (C=O) groups excluding carboxylic acids is 1. The lowest BCUT2D eigenvalue weighted by molar-refractivity contribution is -0.141. The van der Waals surface area contributed by atoms with Gasteiger partial charge in [0.25, 0.3) is 10.0 Å². The molecule has 1 aromatic carbocycles. The Labute approximate surface area is 224 Å². The van der Waals surface area contributed by atoms with Crippen LogP contribution in [-0.4, -0.2) is 65.0 Å². The number of anilines is 2. The predicted octanol–water partition coefficient (Wildman–Crippen LogP) is 3.00. The summed E-state index contributed by atoms with van der Waals surface area (Å²) in [5.74, 6) is 0.0933. The van der Waals surface area contributed by atoms with Gasteiger partial charge in [-0.15, -0.1) is 11.3 Å². The van der Waals surface area contributed by atoms with Crippen LogP contribution in [0.15, 0.2) is 72.3 Å². The van der Waals surface area contributed by atoms with E-state index in [1.165, 1.54) is 34.1 Å². The van der Waals surface area contributed by atoms with Gasteiger partial charge in [0.15, 0.2) is 10.2 Å². The Morgan fingerprint density at radius 3 is 2.84 bits per heavy atom. The first-order valence-corrected chi connectivity index (χ1v) is 14.1. The van der Waals surface area contributed by atoms with Crippen molar-refractivity contribution >= 4 is 38.3 Å². The van der Waals surface area contributed by atoms with Gasteiger partial charge in [-0.05, 0) is 17.7 Å². The third kappa shape index (κ3) is 6.07. The van der Waals surface area contributed by atoms with Crippen molar-refractivity contribution in [3.05, 3.63) is 83.4 Å². The highest BCUT2D eigenvalue weighted by atomic mass is 32.2. The third-order valence-corrected chi connectivity index (χ3v) is 8.56. The molecule has 0 bridgehead atoms. The van der Waals surface area contributed by atoms with Crippen LogP contribution >= 0.6 is 11.3 Å². The van der Waals surface area contributed by atoms with Gasteiger partial charge >= 0.3 is 5.97 Å². The molecule has 0 radical (unpaired) electrons. The van der Waals surface area contributed by atoms with Crippen molar-refractivity contribution in [3.8, 4) is 0 Å². The molecule has 1 fully saturated rings. The van der Waals surface area contributed by atoms with Gasteiger partial charge in [0.05, 0.1) is 25.7 Å². The first-order valence-electron chi connectivity index (χ1n) is 11.8. The van der Waals surface area contributed by atoms with Gasteiger partial charge in [-0.25, -0.2) is 23.4 Å². The number of aromatic nitrogens is 4. The number of rotatable bonds is 9. The van der Waals surface area contributed by atoms with Crippen molar-refractivity contribution in [1.82, 2.24) is 23.8 Å². The second kappa shape index (κ2) is 11.4. The predicted molar refractivity (Wildman–Crippen MR) is 141 cm³/mol. The molecule has 0 aliphatic carbocycles. The number of nitrogens with one attached hydrogen (secondary N) is 1. The van der Waals surface area contributed by atoms with E-state index in [1.54, 1.807) is 17.4 Å². The fraction of sp³-hybridized carbons (Fsp3) is 0.280. The van der Waals surface area contributed by atoms with E-state index in [9.17, 15) is 13.2 Å². The van der Waals surface area contributed by atoms with Gasteiger partial charge in [0.1, 0.15) is 18.5 Å². The van der Waals surface area contributed by atoms with Gasteiger partial charge in [-0.2, -0.15) is 4.31 Å². The maximum atomic E-state index is 13.2. The second-order valence-corrected chi connectivity index (χ2v) is 11.5. The quantitative estimate of drug-likeness (QED) is 0.311. The highest BCUT2D eigenvalue weighted by Crippen LogP contribution is 2.28. The average Bonchev–Trinajstić information content (AvgIpc) is 3.59. The SMILES string of the molecule is COC(=O)Cn1cnc(S(=O)(=O)N2CCOC(c3cccc(Nc4ncc(Cc5ccccc5)s4)n3)C2)c1. The normalized spacial score (nSPS) is 16.3. The topological polar surface area (TPSA) is 129 Å². The molecule has 198 valence electrons. The maximum absolute atomic E-state index is 13.2. The molecule has 0 saturated carbocycles. The lowest BCUT2D eigenvalue weighted by atomic mass is 10.1. The van der Waals surface area contributed by atoms with E-state index in [1.807, 2.05) is 36.5 Å². The van der Waals surface area contributed by atoms with Crippen molar-refractivity contribution in [2.24, 2.45) is 0 Å². The molecule has 4 heterocycles. The first-order chi connectivity index (χ1) is 18.4. The van der Waals surface area contributed by atoms with Crippen molar-refractivity contribution in [1.29, 1.82) is 0 Å². The zero-order chi connectivity index (χ0) is 26.5. The number of hydrogen-bond acceptors (Lipinski definition) is 10. The number of sulfonamides is 1. The van der Waals surface area contributed by atoms with E-state index >= 15 is 0 Å². The summed E-state index contributed by atoms with van der Waals surface area (Å²) < 4.78 is 39.6. The van der Waals surface area contributed by atoms with Crippen LogP contribution < -0.4 is 5.32 Å². The van der Waals surface area contributed by atoms with Crippen LogP contribution in [0, 0.1) is 0 Å². The molecule has 13 heteroatoms. The Morgan fingerprint density at radius 1 is 1.18 bits per heavy atom. The summed E-state index contributed by atoms with van der Waals surface area (Å²) in [6.07, 6.45) is 4.71. The zero-order valence-corrected chi connectivity index (χ0v) is 22.2.